The van der Waals surface area contributed by atoms with Crippen molar-refractivity contribution in [3.63, 3.8) is 0 Å². The first-order valence-electron chi connectivity index (χ1n) is 17.5. The topological polar surface area (TPSA) is 7.76 Å². The van der Waals surface area contributed by atoms with Gasteiger partial charge >= 0.3 is 0 Å². The van der Waals surface area contributed by atoms with E-state index < -0.39 is 5.41 Å². The zero-order chi connectivity index (χ0) is 33.2. The number of fused-ring (bicyclic) bond motifs is 14. The highest BCUT2D eigenvalue weighted by atomic mass is 15.1. The lowest BCUT2D eigenvalue weighted by Crippen LogP contribution is -2.54. The molecule has 0 radical (unpaired) electrons. The number of hydrogen-bond donors (Lipinski definition) is 0. The molecule has 4 heterocycles. The molecule has 1 atom stereocenters. The fraction of sp³-hybridized carbons (Fsp3) is 0.261. The van der Waals surface area contributed by atoms with Gasteiger partial charge in [0.1, 0.15) is 7.05 Å². The van der Waals surface area contributed by atoms with E-state index in [9.17, 15) is 0 Å². The van der Waals surface area contributed by atoms with Crippen LogP contribution in [0.1, 0.15) is 92.4 Å². The molecule has 0 amide bonds. The number of pyridine rings is 2. The molecule has 1 aliphatic carbocycles. The Bertz CT molecular complexity index is 2260. The number of rotatable bonds is 0. The van der Waals surface area contributed by atoms with Crippen LogP contribution in [0.25, 0.3) is 33.6 Å². The third-order valence-corrected chi connectivity index (χ3v) is 11.5. The van der Waals surface area contributed by atoms with Crippen LogP contribution < -0.4 is 9.13 Å². The van der Waals surface area contributed by atoms with Crippen LogP contribution >= 0.6 is 0 Å². The predicted octanol–water partition coefficient (Wildman–Crippen LogP) is 9.55. The summed E-state index contributed by atoms with van der Waals surface area (Å²) in [5.41, 5.74) is 18.4. The van der Waals surface area contributed by atoms with E-state index in [4.69, 9.17) is 0 Å². The maximum absolute atomic E-state index is 2.74. The molecule has 6 aromatic rings. The van der Waals surface area contributed by atoms with Crippen LogP contribution in [0.5, 0.6) is 0 Å². The molecular weight excluding hydrogens is 581 g/mol. The van der Waals surface area contributed by atoms with Gasteiger partial charge in [-0.1, -0.05) is 108 Å². The zero-order valence-electron chi connectivity index (χ0n) is 29.2. The Morgan fingerprint density at radius 1 is 0.542 bits per heavy atom. The second-order valence-corrected chi connectivity index (χ2v) is 16.3. The molecule has 48 heavy (non-hydrogen) atoms. The normalized spacial score (nSPS) is 16.5. The summed E-state index contributed by atoms with van der Waals surface area (Å²) in [6, 6.07) is 47.0. The summed E-state index contributed by atoms with van der Waals surface area (Å²) in [6.45, 7) is 14.0. The van der Waals surface area contributed by atoms with Gasteiger partial charge < -0.3 is 0 Å². The van der Waals surface area contributed by atoms with E-state index in [1.165, 1.54) is 78.4 Å². The molecule has 0 fully saturated rings. The Morgan fingerprint density at radius 2 is 1.10 bits per heavy atom. The Balaban J connectivity index is 1.48. The first kappa shape index (κ1) is 29.3. The van der Waals surface area contributed by atoms with Crippen molar-refractivity contribution in [2.45, 2.75) is 70.3 Å². The van der Waals surface area contributed by atoms with Crippen LogP contribution in [-0.4, -0.2) is 0 Å². The van der Waals surface area contributed by atoms with Gasteiger partial charge in [0.15, 0.2) is 11.5 Å². The van der Waals surface area contributed by atoms with E-state index in [2.05, 4.69) is 179 Å². The van der Waals surface area contributed by atoms with Crippen LogP contribution in [0.15, 0.2) is 121 Å². The van der Waals surface area contributed by atoms with Crippen LogP contribution in [0.4, 0.5) is 0 Å². The molecule has 1 unspecified atom stereocenters. The van der Waals surface area contributed by atoms with Gasteiger partial charge in [-0.3, -0.25) is 0 Å². The number of nitrogens with zero attached hydrogens (tertiary/aromatic N) is 2. The lowest BCUT2D eigenvalue weighted by molar-refractivity contribution is -0.712. The third-order valence-electron chi connectivity index (χ3n) is 11.5. The highest BCUT2D eigenvalue weighted by molar-refractivity contribution is 5.85. The Hall–Kier alpha value is -4.82. The minimum Gasteiger partial charge on any atom is -0.197 e. The van der Waals surface area contributed by atoms with Crippen LogP contribution in [0.2, 0.25) is 0 Å². The molecule has 236 valence electrons. The zero-order valence-corrected chi connectivity index (χ0v) is 29.2. The number of aromatic nitrogens is 2. The lowest BCUT2D eigenvalue weighted by atomic mass is 9.71. The average molecular weight is 625 g/mol. The predicted molar refractivity (Wildman–Crippen MR) is 195 cm³/mol. The van der Waals surface area contributed by atoms with Gasteiger partial charge in [-0.25, -0.2) is 0 Å². The molecule has 0 saturated heterocycles. The molecule has 3 aliphatic rings. The van der Waals surface area contributed by atoms with E-state index in [1.54, 1.807) is 0 Å². The van der Waals surface area contributed by atoms with Crippen LogP contribution in [-0.2, 0) is 29.7 Å². The maximum atomic E-state index is 2.74. The fourth-order valence-electron chi connectivity index (χ4n) is 9.10. The minimum atomic E-state index is -0.510. The van der Waals surface area contributed by atoms with Gasteiger partial charge in [0.2, 0.25) is 22.8 Å². The molecule has 1 spiro atoms. The van der Waals surface area contributed by atoms with Crippen LogP contribution in [0, 0.1) is 0 Å². The standard InChI is InChI=1S/C46H44N2/c1-44(2,3)30-22-24-32-29(26-30)27-41-36-28-31(45(4,5)6)23-25-35(36)40-19-13-21-43(48(40)41)46(42-20-12-18-39(32)47(42)7)37-16-10-8-14-33(37)34-15-9-11-17-38(34)46/h8-26,28,41H,27H2,1-7H3/q+2. The molecule has 2 heteroatoms. The molecule has 0 N–H and O–H groups in total. The Kier molecular flexibility index (Phi) is 6.02. The van der Waals surface area contributed by atoms with Gasteiger partial charge in [0, 0.05) is 41.8 Å². The van der Waals surface area contributed by atoms with Crippen molar-refractivity contribution in [2.24, 2.45) is 7.05 Å². The summed E-state index contributed by atoms with van der Waals surface area (Å²) >= 11 is 0. The maximum Gasteiger partial charge on any atom is 0.213 e. The van der Waals surface area contributed by atoms with Crippen molar-refractivity contribution < 1.29 is 9.13 Å². The largest absolute Gasteiger partial charge is 0.213 e. The highest BCUT2D eigenvalue weighted by Gasteiger charge is 2.58. The van der Waals surface area contributed by atoms with E-state index in [0.29, 0.717) is 0 Å². The average Bonchev–Trinajstić information content (AvgIpc) is 3.54. The van der Waals surface area contributed by atoms with Gasteiger partial charge in [-0.15, -0.1) is 0 Å². The monoisotopic (exact) mass is 624 g/mol. The molecule has 2 aromatic heterocycles. The third kappa shape index (κ3) is 3.86. The van der Waals surface area contributed by atoms with Gasteiger partial charge in [0.05, 0.1) is 5.56 Å². The Labute approximate surface area is 285 Å². The van der Waals surface area contributed by atoms with E-state index in [0.717, 1.165) is 6.42 Å². The van der Waals surface area contributed by atoms with Gasteiger partial charge in [-0.05, 0) is 80.1 Å². The minimum absolute atomic E-state index is 0.0545. The van der Waals surface area contributed by atoms with Gasteiger partial charge in [0.25, 0.3) is 0 Å². The van der Waals surface area contributed by atoms with E-state index in [1.807, 2.05) is 0 Å². The molecular formula is C46H44N2+2. The summed E-state index contributed by atoms with van der Waals surface area (Å²) in [4.78, 5) is 0. The summed E-state index contributed by atoms with van der Waals surface area (Å²) in [7, 11) is 2.29. The van der Waals surface area contributed by atoms with Gasteiger partial charge in [-0.2, -0.15) is 9.13 Å². The quantitative estimate of drug-likeness (QED) is 0.149. The number of benzene rings is 4. The second-order valence-electron chi connectivity index (χ2n) is 16.3. The first-order valence-corrected chi connectivity index (χ1v) is 17.5. The van der Waals surface area contributed by atoms with Crippen molar-refractivity contribution in [1.29, 1.82) is 0 Å². The molecule has 0 saturated carbocycles. The van der Waals surface area contributed by atoms with E-state index >= 15 is 0 Å². The fourth-order valence-corrected chi connectivity index (χ4v) is 9.10. The molecule has 2 aliphatic heterocycles. The highest BCUT2D eigenvalue weighted by Crippen LogP contribution is 2.56. The van der Waals surface area contributed by atoms with Crippen molar-refractivity contribution in [1.82, 2.24) is 0 Å². The lowest BCUT2D eigenvalue weighted by Gasteiger charge is -2.30. The van der Waals surface area contributed by atoms with Crippen molar-refractivity contribution in [3.05, 3.63) is 166 Å². The summed E-state index contributed by atoms with van der Waals surface area (Å²) in [6.07, 6.45) is 0.915. The first-order chi connectivity index (χ1) is 23.0. The summed E-state index contributed by atoms with van der Waals surface area (Å²) in [5.74, 6) is 0. The summed E-state index contributed by atoms with van der Waals surface area (Å²) < 4.78 is 5.23. The van der Waals surface area contributed by atoms with Crippen LogP contribution in [0.3, 0.4) is 0 Å². The van der Waals surface area contributed by atoms with E-state index in [-0.39, 0.29) is 16.9 Å². The molecule has 2 nitrogen and oxygen atoms in total. The summed E-state index contributed by atoms with van der Waals surface area (Å²) in [5, 5.41) is 0. The molecule has 2 bridgehead atoms. The van der Waals surface area contributed by atoms with Crippen molar-refractivity contribution in [3.8, 4) is 33.6 Å². The molecule has 9 rings (SSSR count). The van der Waals surface area contributed by atoms with Crippen molar-refractivity contribution in [2.75, 3.05) is 0 Å². The number of hydrogen-bond acceptors (Lipinski definition) is 0. The second kappa shape index (κ2) is 9.86. The Morgan fingerprint density at radius 3 is 1.75 bits per heavy atom. The van der Waals surface area contributed by atoms with Crippen molar-refractivity contribution >= 4 is 0 Å². The molecule has 4 aromatic carbocycles. The smallest absolute Gasteiger partial charge is 0.197 e. The SMILES string of the molecule is C[n+]1c2cccc1C1(c3ccccc3-c3ccccc31)c1cccc3[n+]1C(Cc1cc(C(C)(C)C)ccc1-2)c1cc(C(C)(C)C)ccc1-3.